The lowest BCUT2D eigenvalue weighted by Gasteiger charge is -2.03. The van der Waals surface area contributed by atoms with Crippen LogP contribution in [0.15, 0.2) is 18.5 Å². The highest BCUT2D eigenvalue weighted by Crippen LogP contribution is 2.24. The van der Waals surface area contributed by atoms with Crippen LogP contribution >= 0.6 is 12.2 Å². The molecule has 0 amide bonds. The number of rotatable bonds is 1. The third-order valence-electron chi connectivity index (χ3n) is 2.55. The van der Waals surface area contributed by atoms with Crippen LogP contribution < -0.4 is 0 Å². The molecule has 2 rings (SSSR count). The molecule has 1 aliphatic rings. The molecule has 14 heavy (non-hydrogen) atoms. The van der Waals surface area contributed by atoms with E-state index in [-0.39, 0.29) is 0 Å². The molecule has 0 atom stereocenters. The van der Waals surface area contributed by atoms with Crippen LogP contribution in [0.2, 0.25) is 0 Å². The minimum atomic E-state index is 0.764. The van der Waals surface area contributed by atoms with Gasteiger partial charge in [-0.3, -0.25) is 4.98 Å². The van der Waals surface area contributed by atoms with E-state index in [4.69, 9.17) is 12.2 Å². The Balaban J connectivity index is 2.34. The van der Waals surface area contributed by atoms with Gasteiger partial charge in [0.15, 0.2) is 0 Å². The molecule has 3 heteroatoms. The normalized spacial score (nSPS) is 17.3. The molecule has 0 bridgehead atoms. The molecule has 0 spiro atoms. The molecule has 0 unspecified atom stereocenters. The first kappa shape index (κ1) is 9.59. The van der Waals surface area contributed by atoms with Gasteiger partial charge >= 0.3 is 0 Å². The van der Waals surface area contributed by atoms with Gasteiger partial charge in [0.25, 0.3) is 0 Å². The van der Waals surface area contributed by atoms with E-state index in [1.807, 2.05) is 0 Å². The Morgan fingerprint density at radius 3 is 3.07 bits per heavy atom. The van der Waals surface area contributed by atoms with Crippen LogP contribution in [-0.4, -0.2) is 9.97 Å². The maximum atomic E-state index is 5.22. The van der Waals surface area contributed by atoms with Crippen LogP contribution in [0, 0.1) is 4.64 Å². The fraction of sp³-hybridized carbons (Fsp3) is 0.455. The number of H-pyrrole nitrogens is 1. The Labute approximate surface area is 89.1 Å². The quantitative estimate of drug-likeness (QED) is 0.712. The zero-order valence-electron chi connectivity index (χ0n) is 8.12. The van der Waals surface area contributed by atoms with Crippen molar-refractivity contribution in [2.24, 2.45) is 0 Å². The minimum Gasteiger partial charge on any atom is -0.350 e. The van der Waals surface area contributed by atoms with E-state index in [1.54, 1.807) is 12.4 Å². The van der Waals surface area contributed by atoms with Gasteiger partial charge in [-0.05, 0) is 31.3 Å². The molecular formula is C11H14N2S. The summed E-state index contributed by atoms with van der Waals surface area (Å²) in [6.07, 6.45) is 12.0. The van der Waals surface area contributed by atoms with Gasteiger partial charge in [-0.15, -0.1) is 0 Å². The Kier molecular flexibility index (Phi) is 3.09. The Morgan fingerprint density at radius 2 is 2.21 bits per heavy atom. The molecular weight excluding hydrogens is 192 g/mol. The van der Waals surface area contributed by atoms with E-state index in [2.05, 4.69) is 16.0 Å². The predicted octanol–water partition coefficient (Wildman–Crippen LogP) is 3.49. The molecule has 1 aliphatic carbocycles. The minimum absolute atomic E-state index is 0.764. The molecule has 0 fully saturated rings. The van der Waals surface area contributed by atoms with Crippen molar-refractivity contribution < 1.29 is 0 Å². The van der Waals surface area contributed by atoms with Crippen molar-refractivity contribution in [2.75, 3.05) is 0 Å². The zero-order valence-corrected chi connectivity index (χ0v) is 8.94. The number of aromatic amines is 1. The van der Waals surface area contributed by atoms with Gasteiger partial charge in [-0.2, -0.15) is 0 Å². The lowest BCUT2D eigenvalue weighted by molar-refractivity contribution is 0.720. The molecule has 1 N–H and O–H groups in total. The smallest absolute Gasteiger partial charge is 0.129 e. The van der Waals surface area contributed by atoms with Crippen LogP contribution in [-0.2, 0) is 0 Å². The topological polar surface area (TPSA) is 28.7 Å². The van der Waals surface area contributed by atoms with Gasteiger partial charge in [-0.1, -0.05) is 24.7 Å². The standard InChI is InChI=1S/C11H14N2S/c14-11-10(12-7-8-13-11)9-5-3-1-2-4-6-9/h5,7-8H,1-4,6H2,(H,13,14). The van der Waals surface area contributed by atoms with Crippen LogP contribution in [0.4, 0.5) is 0 Å². The first-order valence-electron chi connectivity index (χ1n) is 5.11. The molecule has 1 aromatic rings. The van der Waals surface area contributed by atoms with E-state index in [0.717, 1.165) is 16.8 Å². The Morgan fingerprint density at radius 1 is 1.29 bits per heavy atom. The van der Waals surface area contributed by atoms with Crippen molar-refractivity contribution >= 4 is 17.8 Å². The molecule has 74 valence electrons. The van der Waals surface area contributed by atoms with Crippen LogP contribution in [0.1, 0.15) is 37.8 Å². The summed E-state index contributed by atoms with van der Waals surface area (Å²) < 4.78 is 0.764. The van der Waals surface area contributed by atoms with E-state index < -0.39 is 0 Å². The second kappa shape index (κ2) is 4.51. The van der Waals surface area contributed by atoms with E-state index in [9.17, 15) is 0 Å². The van der Waals surface area contributed by atoms with Crippen molar-refractivity contribution in [1.82, 2.24) is 9.97 Å². The molecule has 1 heterocycles. The van der Waals surface area contributed by atoms with Gasteiger partial charge in [0, 0.05) is 12.4 Å². The second-order valence-electron chi connectivity index (χ2n) is 3.60. The largest absolute Gasteiger partial charge is 0.350 e. The van der Waals surface area contributed by atoms with Gasteiger partial charge in [-0.25, -0.2) is 0 Å². The average Bonchev–Trinajstić information content (AvgIpc) is 2.47. The second-order valence-corrected chi connectivity index (χ2v) is 4.00. The number of allylic oxidation sites excluding steroid dienone is 2. The van der Waals surface area contributed by atoms with Crippen LogP contribution in [0.5, 0.6) is 0 Å². The van der Waals surface area contributed by atoms with Crippen molar-refractivity contribution in [2.45, 2.75) is 32.1 Å². The summed E-state index contributed by atoms with van der Waals surface area (Å²) in [5.74, 6) is 0. The third-order valence-corrected chi connectivity index (χ3v) is 2.86. The van der Waals surface area contributed by atoms with E-state index in [0.29, 0.717) is 0 Å². The monoisotopic (exact) mass is 206 g/mol. The molecule has 0 saturated heterocycles. The molecule has 0 aliphatic heterocycles. The van der Waals surface area contributed by atoms with Crippen molar-refractivity contribution in [3.63, 3.8) is 0 Å². The molecule has 0 aromatic carbocycles. The summed E-state index contributed by atoms with van der Waals surface area (Å²) in [6, 6.07) is 0. The number of nitrogens with zero attached hydrogens (tertiary/aromatic N) is 1. The summed E-state index contributed by atoms with van der Waals surface area (Å²) >= 11 is 5.22. The zero-order chi connectivity index (χ0) is 9.80. The van der Waals surface area contributed by atoms with Gasteiger partial charge in [0.1, 0.15) is 10.3 Å². The molecule has 0 saturated carbocycles. The summed E-state index contributed by atoms with van der Waals surface area (Å²) in [7, 11) is 0. The summed E-state index contributed by atoms with van der Waals surface area (Å²) in [5, 5.41) is 0. The summed E-state index contributed by atoms with van der Waals surface area (Å²) in [4.78, 5) is 7.37. The first-order valence-corrected chi connectivity index (χ1v) is 5.52. The van der Waals surface area contributed by atoms with Crippen molar-refractivity contribution in [3.05, 3.63) is 28.8 Å². The Hall–Kier alpha value is -0.960. The lowest BCUT2D eigenvalue weighted by atomic mass is 10.1. The molecule has 0 radical (unpaired) electrons. The maximum Gasteiger partial charge on any atom is 0.129 e. The molecule has 1 aromatic heterocycles. The van der Waals surface area contributed by atoms with Crippen molar-refractivity contribution in [3.8, 4) is 0 Å². The Bertz CT molecular complexity index is 392. The maximum absolute atomic E-state index is 5.22. The van der Waals surface area contributed by atoms with Gasteiger partial charge < -0.3 is 4.98 Å². The third kappa shape index (κ3) is 2.10. The number of aromatic nitrogens is 2. The van der Waals surface area contributed by atoms with Crippen LogP contribution in [0.3, 0.4) is 0 Å². The highest BCUT2D eigenvalue weighted by Gasteiger charge is 2.07. The number of nitrogens with one attached hydrogen (secondary N) is 1. The van der Waals surface area contributed by atoms with E-state index >= 15 is 0 Å². The highest BCUT2D eigenvalue weighted by atomic mass is 32.1. The lowest BCUT2D eigenvalue weighted by Crippen LogP contribution is -1.91. The van der Waals surface area contributed by atoms with Gasteiger partial charge in [0.2, 0.25) is 0 Å². The number of hydrogen-bond donors (Lipinski definition) is 1. The molecule has 2 nitrogen and oxygen atoms in total. The first-order chi connectivity index (χ1) is 6.88. The van der Waals surface area contributed by atoms with Crippen molar-refractivity contribution in [1.29, 1.82) is 0 Å². The number of hydrogen-bond acceptors (Lipinski definition) is 2. The summed E-state index contributed by atoms with van der Waals surface area (Å²) in [5.41, 5.74) is 2.30. The fourth-order valence-corrected chi connectivity index (χ4v) is 2.06. The van der Waals surface area contributed by atoms with Gasteiger partial charge in [0.05, 0.1) is 0 Å². The average molecular weight is 206 g/mol. The highest BCUT2D eigenvalue weighted by molar-refractivity contribution is 7.71. The predicted molar refractivity (Wildman–Crippen MR) is 60.5 cm³/mol. The SMILES string of the molecule is S=c1[nH]ccnc1C1=CCCCCC1. The summed E-state index contributed by atoms with van der Waals surface area (Å²) in [6.45, 7) is 0. The van der Waals surface area contributed by atoms with E-state index in [1.165, 1.54) is 31.3 Å². The fourth-order valence-electron chi connectivity index (χ4n) is 1.81. The van der Waals surface area contributed by atoms with Crippen LogP contribution in [0.25, 0.3) is 5.57 Å².